The molecule has 0 aromatic carbocycles. The number of aromatic carboxylic acids is 1. The summed E-state index contributed by atoms with van der Waals surface area (Å²) in [7, 11) is 0. The van der Waals surface area contributed by atoms with Gasteiger partial charge in [-0.3, -0.25) is 0 Å². The summed E-state index contributed by atoms with van der Waals surface area (Å²) in [6.45, 7) is 0. The lowest BCUT2D eigenvalue weighted by atomic mass is 10.3. The van der Waals surface area contributed by atoms with Crippen LogP contribution in [0, 0.1) is 0 Å². The highest BCUT2D eigenvalue weighted by Crippen LogP contribution is 2.31. The Kier molecular flexibility index (Phi) is 2.85. The van der Waals surface area contributed by atoms with E-state index in [1.165, 1.54) is 6.20 Å². The number of rotatable bonds is 3. The largest absolute Gasteiger partial charge is 0.476 e. The molecule has 3 rings (SSSR count). The number of carbonyl (C=O) groups is 1. The van der Waals surface area contributed by atoms with Crippen molar-refractivity contribution >= 4 is 27.4 Å². The van der Waals surface area contributed by atoms with Crippen LogP contribution in [0.5, 0.6) is 11.6 Å². The van der Waals surface area contributed by atoms with Crippen LogP contribution in [-0.2, 0) is 0 Å². The van der Waals surface area contributed by atoms with Gasteiger partial charge in [0.1, 0.15) is 0 Å². The van der Waals surface area contributed by atoms with E-state index >= 15 is 0 Å². The minimum absolute atomic E-state index is 0.128. The SMILES string of the molecule is O=C(O)c1ncccc1Oc1nccc2sccc12. The predicted molar refractivity (Wildman–Crippen MR) is 70.9 cm³/mol. The van der Waals surface area contributed by atoms with Gasteiger partial charge in [0, 0.05) is 17.1 Å². The van der Waals surface area contributed by atoms with Crippen LogP contribution in [0.1, 0.15) is 10.5 Å². The molecule has 3 aromatic rings. The van der Waals surface area contributed by atoms with Gasteiger partial charge >= 0.3 is 5.97 Å². The van der Waals surface area contributed by atoms with E-state index < -0.39 is 5.97 Å². The lowest BCUT2D eigenvalue weighted by Gasteiger charge is -2.07. The first-order chi connectivity index (χ1) is 9.25. The van der Waals surface area contributed by atoms with Gasteiger partial charge in [0.15, 0.2) is 11.4 Å². The summed E-state index contributed by atoms with van der Waals surface area (Å²) in [5, 5.41) is 11.8. The molecule has 6 heteroatoms. The summed E-state index contributed by atoms with van der Waals surface area (Å²) >= 11 is 1.57. The number of hydrogen-bond acceptors (Lipinski definition) is 5. The van der Waals surface area contributed by atoms with Crippen molar-refractivity contribution in [3.63, 3.8) is 0 Å². The molecule has 0 atom stereocenters. The third-order valence-corrected chi connectivity index (χ3v) is 3.41. The Morgan fingerprint density at radius 1 is 1.21 bits per heavy atom. The maximum absolute atomic E-state index is 11.1. The zero-order valence-corrected chi connectivity index (χ0v) is 10.4. The zero-order valence-electron chi connectivity index (χ0n) is 9.61. The van der Waals surface area contributed by atoms with Crippen molar-refractivity contribution < 1.29 is 14.6 Å². The van der Waals surface area contributed by atoms with Gasteiger partial charge in [0.25, 0.3) is 0 Å². The molecule has 0 radical (unpaired) electrons. The molecule has 0 aliphatic carbocycles. The summed E-state index contributed by atoms with van der Waals surface area (Å²) in [6.07, 6.45) is 3.04. The Hall–Kier alpha value is -2.47. The molecule has 5 nitrogen and oxygen atoms in total. The molecule has 0 bridgehead atoms. The summed E-state index contributed by atoms with van der Waals surface area (Å²) in [6, 6.07) is 6.95. The van der Waals surface area contributed by atoms with Crippen LogP contribution in [0.15, 0.2) is 42.0 Å². The second-order valence-corrected chi connectivity index (χ2v) is 4.65. The van der Waals surface area contributed by atoms with Crippen LogP contribution in [0.2, 0.25) is 0 Å². The quantitative estimate of drug-likeness (QED) is 0.792. The van der Waals surface area contributed by atoms with E-state index in [0.29, 0.717) is 5.88 Å². The van der Waals surface area contributed by atoms with Crippen LogP contribution in [0.4, 0.5) is 0 Å². The van der Waals surface area contributed by atoms with Crippen molar-refractivity contribution in [2.45, 2.75) is 0 Å². The van der Waals surface area contributed by atoms with Gasteiger partial charge in [-0.2, -0.15) is 0 Å². The Morgan fingerprint density at radius 2 is 2.11 bits per heavy atom. The number of aromatic nitrogens is 2. The number of fused-ring (bicyclic) bond motifs is 1. The first-order valence-corrected chi connectivity index (χ1v) is 6.32. The van der Waals surface area contributed by atoms with Gasteiger partial charge in [0.05, 0.1) is 5.39 Å². The smallest absolute Gasteiger partial charge is 0.358 e. The average molecular weight is 272 g/mol. The predicted octanol–water partition coefficient (Wildman–Crippen LogP) is 3.18. The summed E-state index contributed by atoms with van der Waals surface area (Å²) in [4.78, 5) is 19.0. The molecule has 3 heterocycles. The van der Waals surface area contributed by atoms with Crippen LogP contribution in [-0.4, -0.2) is 21.0 Å². The molecule has 0 saturated carbocycles. The second kappa shape index (κ2) is 4.66. The number of ether oxygens (including phenoxy) is 1. The van der Waals surface area contributed by atoms with E-state index in [9.17, 15) is 4.79 Å². The average Bonchev–Trinajstić information content (AvgIpc) is 2.88. The molecular formula is C13H8N2O3S. The van der Waals surface area contributed by atoms with E-state index in [4.69, 9.17) is 9.84 Å². The van der Waals surface area contributed by atoms with E-state index in [0.717, 1.165) is 10.1 Å². The minimum atomic E-state index is -1.13. The molecule has 0 saturated heterocycles. The molecule has 0 aliphatic rings. The molecule has 0 amide bonds. The number of thiophene rings is 1. The van der Waals surface area contributed by atoms with Gasteiger partial charge in [-0.05, 0) is 29.6 Å². The van der Waals surface area contributed by atoms with Gasteiger partial charge in [0.2, 0.25) is 5.88 Å². The zero-order chi connectivity index (χ0) is 13.2. The van der Waals surface area contributed by atoms with Crippen molar-refractivity contribution in [1.82, 2.24) is 9.97 Å². The number of nitrogens with zero attached hydrogens (tertiary/aromatic N) is 2. The highest BCUT2D eigenvalue weighted by atomic mass is 32.1. The second-order valence-electron chi connectivity index (χ2n) is 3.71. The number of pyridine rings is 2. The first-order valence-electron chi connectivity index (χ1n) is 5.44. The fraction of sp³-hybridized carbons (Fsp3) is 0. The fourth-order valence-corrected chi connectivity index (χ4v) is 2.46. The van der Waals surface area contributed by atoms with Crippen molar-refractivity contribution in [2.24, 2.45) is 0 Å². The molecular weight excluding hydrogens is 264 g/mol. The van der Waals surface area contributed by atoms with E-state index in [1.54, 1.807) is 29.7 Å². The lowest BCUT2D eigenvalue weighted by Crippen LogP contribution is -2.03. The standard InChI is InChI=1S/C13H8N2O3S/c16-13(17)11-9(2-1-5-14-11)18-12-8-4-7-19-10(8)3-6-15-12/h1-7H,(H,16,17). The molecule has 0 aliphatic heterocycles. The minimum Gasteiger partial charge on any atom is -0.476 e. The maximum Gasteiger partial charge on any atom is 0.358 e. The highest BCUT2D eigenvalue weighted by Gasteiger charge is 2.14. The van der Waals surface area contributed by atoms with Crippen molar-refractivity contribution in [2.75, 3.05) is 0 Å². The lowest BCUT2D eigenvalue weighted by molar-refractivity contribution is 0.0687. The molecule has 1 N–H and O–H groups in total. The van der Waals surface area contributed by atoms with Crippen LogP contribution < -0.4 is 4.74 Å². The summed E-state index contributed by atoms with van der Waals surface area (Å²) in [5.74, 6) is -0.566. The van der Waals surface area contributed by atoms with Crippen molar-refractivity contribution in [3.05, 3.63) is 47.7 Å². The molecule has 0 fully saturated rings. The monoisotopic (exact) mass is 272 g/mol. The van der Waals surface area contributed by atoms with Gasteiger partial charge < -0.3 is 9.84 Å². The third kappa shape index (κ3) is 2.13. The molecule has 3 aromatic heterocycles. The molecule has 94 valence electrons. The Morgan fingerprint density at radius 3 is 2.95 bits per heavy atom. The molecule has 0 spiro atoms. The first kappa shape index (κ1) is 11.6. The third-order valence-electron chi connectivity index (χ3n) is 2.52. The normalized spacial score (nSPS) is 10.5. The summed E-state index contributed by atoms with van der Waals surface area (Å²) < 4.78 is 6.63. The van der Waals surface area contributed by atoms with Crippen LogP contribution >= 0.6 is 11.3 Å². The maximum atomic E-state index is 11.1. The molecule has 19 heavy (non-hydrogen) atoms. The Balaban J connectivity index is 2.06. The van der Waals surface area contributed by atoms with Crippen molar-refractivity contribution in [3.8, 4) is 11.6 Å². The van der Waals surface area contributed by atoms with Crippen LogP contribution in [0.25, 0.3) is 10.1 Å². The fourth-order valence-electron chi connectivity index (χ4n) is 1.69. The highest BCUT2D eigenvalue weighted by molar-refractivity contribution is 7.17. The van der Waals surface area contributed by atoms with E-state index in [2.05, 4.69) is 9.97 Å². The van der Waals surface area contributed by atoms with Crippen molar-refractivity contribution in [1.29, 1.82) is 0 Å². The summed E-state index contributed by atoms with van der Waals surface area (Å²) in [5.41, 5.74) is -0.128. The van der Waals surface area contributed by atoms with E-state index in [-0.39, 0.29) is 11.4 Å². The van der Waals surface area contributed by atoms with E-state index in [1.807, 2.05) is 17.5 Å². The van der Waals surface area contributed by atoms with Crippen LogP contribution in [0.3, 0.4) is 0 Å². The molecule has 0 unspecified atom stereocenters. The topological polar surface area (TPSA) is 72.3 Å². The Bertz CT molecular complexity index is 754. The Labute approximate surface area is 112 Å². The van der Waals surface area contributed by atoms with Gasteiger partial charge in [-0.15, -0.1) is 11.3 Å². The number of hydrogen-bond donors (Lipinski definition) is 1. The van der Waals surface area contributed by atoms with Gasteiger partial charge in [-0.25, -0.2) is 14.8 Å². The number of carboxylic acids is 1. The van der Waals surface area contributed by atoms with Gasteiger partial charge in [-0.1, -0.05) is 0 Å². The number of carboxylic acid groups (broad SMARTS) is 1.